The molecule has 4 rings (SSSR count). The normalized spacial score (nSPS) is 16.2. The van der Waals surface area contributed by atoms with Crippen LogP contribution in [0.15, 0.2) is 57.7 Å². The fraction of sp³-hybridized carbons (Fsp3) is 0.250. The third-order valence-electron chi connectivity index (χ3n) is 4.47. The first-order chi connectivity index (χ1) is 13.0. The van der Waals surface area contributed by atoms with Gasteiger partial charge in [-0.1, -0.05) is 23.7 Å². The maximum absolute atomic E-state index is 14.5. The highest BCUT2D eigenvalue weighted by Crippen LogP contribution is 2.31. The molecule has 0 unspecified atom stereocenters. The van der Waals surface area contributed by atoms with Crippen LogP contribution in [-0.2, 0) is 0 Å². The van der Waals surface area contributed by atoms with Gasteiger partial charge in [0, 0.05) is 22.7 Å². The van der Waals surface area contributed by atoms with E-state index in [2.05, 4.69) is 25.0 Å². The number of halogens is 2. The number of amidine groups is 1. The molecule has 0 radical (unpaired) electrons. The molecule has 5 nitrogen and oxygen atoms in total. The number of rotatable bonds is 3. The minimum atomic E-state index is -0.312. The summed E-state index contributed by atoms with van der Waals surface area (Å²) in [6.45, 7) is 1.66. The van der Waals surface area contributed by atoms with Crippen LogP contribution in [0.4, 0.5) is 10.1 Å². The molecule has 2 aliphatic rings. The van der Waals surface area contributed by atoms with Crippen LogP contribution in [0, 0.1) is 5.82 Å². The standard InChI is InChI=1S/C20H19ClFN5/c1-26(2)11-14-12-27-18-8-7-13(21)9-16(18)20(23-10-19(27)25-24-14)15-5-3-4-6-17(15)22/h3-9H,10-12H2,1-2H3. The minimum Gasteiger partial charge on any atom is -0.320 e. The monoisotopic (exact) mass is 383 g/mol. The van der Waals surface area contributed by atoms with Crippen LogP contribution in [0.25, 0.3) is 0 Å². The summed E-state index contributed by atoms with van der Waals surface area (Å²) < 4.78 is 14.5. The number of hydrogen-bond donors (Lipinski definition) is 0. The number of hydrogen-bond acceptors (Lipinski definition) is 5. The smallest absolute Gasteiger partial charge is 0.154 e. The number of aliphatic imine (C=N–C) groups is 1. The van der Waals surface area contributed by atoms with Gasteiger partial charge in [0.1, 0.15) is 5.82 Å². The maximum atomic E-state index is 14.5. The first-order valence-electron chi connectivity index (χ1n) is 8.67. The lowest BCUT2D eigenvalue weighted by molar-refractivity contribution is 0.467. The second-order valence-electron chi connectivity index (χ2n) is 6.81. The molecular weight excluding hydrogens is 365 g/mol. The summed E-state index contributed by atoms with van der Waals surface area (Å²) in [4.78, 5) is 8.82. The molecule has 0 saturated heterocycles. The van der Waals surface area contributed by atoms with E-state index < -0.39 is 0 Å². The molecule has 2 aliphatic heterocycles. The van der Waals surface area contributed by atoms with E-state index in [0.29, 0.717) is 29.4 Å². The second kappa shape index (κ2) is 7.21. The number of benzene rings is 2. The van der Waals surface area contributed by atoms with Crippen LogP contribution >= 0.6 is 11.6 Å². The zero-order valence-corrected chi connectivity index (χ0v) is 15.9. The van der Waals surface area contributed by atoms with Gasteiger partial charge >= 0.3 is 0 Å². The Morgan fingerprint density at radius 2 is 1.93 bits per heavy atom. The average molecular weight is 384 g/mol. The van der Waals surface area contributed by atoms with Crippen molar-refractivity contribution in [1.82, 2.24) is 4.90 Å². The molecule has 2 aromatic carbocycles. The maximum Gasteiger partial charge on any atom is 0.154 e. The number of anilines is 1. The van der Waals surface area contributed by atoms with Crippen LogP contribution in [0.3, 0.4) is 0 Å². The third-order valence-corrected chi connectivity index (χ3v) is 4.70. The summed E-state index contributed by atoms with van der Waals surface area (Å²) in [5.74, 6) is 0.431. The summed E-state index contributed by atoms with van der Waals surface area (Å²) >= 11 is 6.27. The Morgan fingerprint density at radius 1 is 1.11 bits per heavy atom. The van der Waals surface area contributed by atoms with Crippen molar-refractivity contribution in [2.24, 2.45) is 15.2 Å². The van der Waals surface area contributed by atoms with Gasteiger partial charge in [-0.3, -0.25) is 4.99 Å². The topological polar surface area (TPSA) is 43.6 Å². The average Bonchev–Trinajstić information content (AvgIpc) is 2.78. The summed E-state index contributed by atoms with van der Waals surface area (Å²) in [5, 5.41) is 9.32. The van der Waals surface area contributed by atoms with Gasteiger partial charge in [0.05, 0.1) is 30.2 Å². The first kappa shape index (κ1) is 17.8. The predicted molar refractivity (Wildman–Crippen MR) is 109 cm³/mol. The van der Waals surface area contributed by atoms with Crippen LogP contribution < -0.4 is 4.90 Å². The number of nitrogens with zero attached hydrogens (tertiary/aromatic N) is 5. The van der Waals surface area contributed by atoms with Crippen molar-refractivity contribution in [3.05, 3.63) is 64.4 Å². The van der Waals surface area contributed by atoms with Crippen LogP contribution in [0.1, 0.15) is 11.1 Å². The molecule has 2 aromatic rings. The second-order valence-corrected chi connectivity index (χ2v) is 7.25. The van der Waals surface area contributed by atoms with Gasteiger partial charge in [0.2, 0.25) is 0 Å². The highest BCUT2D eigenvalue weighted by atomic mass is 35.5. The molecule has 0 aromatic heterocycles. The molecule has 138 valence electrons. The molecule has 27 heavy (non-hydrogen) atoms. The van der Waals surface area contributed by atoms with Gasteiger partial charge in [-0.2, -0.15) is 5.10 Å². The van der Waals surface area contributed by atoms with E-state index in [9.17, 15) is 4.39 Å². The zero-order chi connectivity index (χ0) is 19.0. The first-order valence-corrected chi connectivity index (χ1v) is 9.04. The Balaban J connectivity index is 1.83. The highest BCUT2D eigenvalue weighted by Gasteiger charge is 2.28. The summed E-state index contributed by atoms with van der Waals surface area (Å²) in [7, 11) is 3.99. The van der Waals surface area contributed by atoms with Crippen LogP contribution in [0.5, 0.6) is 0 Å². The lowest BCUT2D eigenvalue weighted by atomic mass is 9.99. The van der Waals surface area contributed by atoms with E-state index in [1.165, 1.54) is 6.07 Å². The predicted octanol–water partition coefficient (Wildman–Crippen LogP) is 3.47. The summed E-state index contributed by atoms with van der Waals surface area (Å²) in [5.41, 5.74) is 3.69. The van der Waals surface area contributed by atoms with E-state index in [1.54, 1.807) is 18.2 Å². The SMILES string of the molecule is CN(C)CC1=NN=C2CN=C(c3ccccc3F)c3cc(Cl)ccc3N2C1. The Hall–Kier alpha value is -2.57. The van der Waals surface area contributed by atoms with E-state index in [-0.39, 0.29) is 5.82 Å². The van der Waals surface area contributed by atoms with Gasteiger partial charge < -0.3 is 9.80 Å². The Labute approximate surface area is 162 Å². The Bertz CT molecular complexity index is 980. The fourth-order valence-corrected chi connectivity index (χ4v) is 3.50. The molecule has 0 saturated carbocycles. The molecule has 0 fully saturated rings. The minimum absolute atomic E-state index is 0.312. The van der Waals surface area contributed by atoms with Crippen molar-refractivity contribution in [2.45, 2.75) is 0 Å². The lowest BCUT2D eigenvalue weighted by Gasteiger charge is -2.29. The molecule has 2 heterocycles. The van der Waals surface area contributed by atoms with Gasteiger partial charge in [-0.25, -0.2) is 4.39 Å². The molecule has 0 N–H and O–H groups in total. The van der Waals surface area contributed by atoms with Crippen LogP contribution in [0.2, 0.25) is 5.02 Å². The van der Waals surface area contributed by atoms with Crippen molar-refractivity contribution < 1.29 is 4.39 Å². The van der Waals surface area contributed by atoms with Gasteiger partial charge in [-0.15, -0.1) is 5.10 Å². The molecule has 0 bridgehead atoms. The molecule has 0 spiro atoms. The van der Waals surface area contributed by atoms with Crippen molar-refractivity contribution in [1.29, 1.82) is 0 Å². The quantitative estimate of drug-likeness (QED) is 0.814. The zero-order valence-electron chi connectivity index (χ0n) is 15.2. The van der Waals surface area contributed by atoms with E-state index >= 15 is 0 Å². The van der Waals surface area contributed by atoms with Gasteiger partial charge in [-0.05, 0) is 44.4 Å². The molecule has 0 amide bonds. The van der Waals surface area contributed by atoms with E-state index in [0.717, 1.165) is 29.3 Å². The Kier molecular flexibility index (Phi) is 4.76. The van der Waals surface area contributed by atoms with Crippen molar-refractivity contribution in [3.8, 4) is 0 Å². The fourth-order valence-electron chi connectivity index (χ4n) is 3.33. The van der Waals surface area contributed by atoms with Crippen molar-refractivity contribution in [2.75, 3.05) is 38.6 Å². The van der Waals surface area contributed by atoms with Crippen molar-refractivity contribution in [3.63, 3.8) is 0 Å². The van der Waals surface area contributed by atoms with Crippen molar-refractivity contribution >= 4 is 34.5 Å². The van der Waals surface area contributed by atoms with E-state index in [4.69, 9.17) is 11.6 Å². The summed E-state index contributed by atoms with van der Waals surface area (Å²) in [6, 6.07) is 12.3. The third kappa shape index (κ3) is 3.50. The van der Waals surface area contributed by atoms with E-state index in [1.807, 2.05) is 32.3 Å². The highest BCUT2D eigenvalue weighted by molar-refractivity contribution is 6.32. The van der Waals surface area contributed by atoms with Gasteiger partial charge in [0.15, 0.2) is 5.84 Å². The molecule has 0 aliphatic carbocycles. The molecule has 0 atom stereocenters. The summed E-state index contributed by atoms with van der Waals surface area (Å²) in [6.07, 6.45) is 0. The van der Waals surface area contributed by atoms with Gasteiger partial charge in [0.25, 0.3) is 0 Å². The van der Waals surface area contributed by atoms with Crippen LogP contribution in [-0.4, -0.2) is 55.9 Å². The molecule has 7 heteroatoms. The Morgan fingerprint density at radius 3 is 2.70 bits per heavy atom. The molecular formula is C20H19ClFN5. The lowest BCUT2D eigenvalue weighted by Crippen LogP contribution is -2.42. The number of fused-ring (bicyclic) bond motifs is 3. The largest absolute Gasteiger partial charge is 0.320 e.